The van der Waals surface area contributed by atoms with Crippen molar-refractivity contribution in [3.05, 3.63) is 29.6 Å². The summed E-state index contributed by atoms with van der Waals surface area (Å²) < 4.78 is 18.9. The van der Waals surface area contributed by atoms with Gasteiger partial charge in [0.2, 0.25) is 0 Å². The number of halogens is 1. The molecule has 1 amide bonds. The van der Waals surface area contributed by atoms with E-state index < -0.39 is 11.9 Å². The maximum atomic E-state index is 13.5. The summed E-state index contributed by atoms with van der Waals surface area (Å²) in [5.41, 5.74) is 0.597. The summed E-state index contributed by atoms with van der Waals surface area (Å²) in [4.78, 5) is 12.0. The third kappa shape index (κ3) is 3.56. The van der Waals surface area contributed by atoms with Gasteiger partial charge < -0.3 is 15.2 Å². The molecule has 106 valence electrons. The van der Waals surface area contributed by atoms with Gasteiger partial charge in [0, 0.05) is 5.69 Å². The maximum Gasteiger partial charge on any atom is 0.253 e. The Hall–Kier alpha value is -1.90. The number of nitrogens with one attached hydrogen (secondary N) is 1. The highest BCUT2D eigenvalue weighted by Crippen LogP contribution is 2.21. The zero-order valence-electron chi connectivity index (χ0n) is 11.1. The highest BCUT2D eigenvalue weighted by molar-refractivity contribution is 5.94. The molecule has 1 aromatic rings. The summed E-state index contributed by atoms with van der Waals surface area (Å²) in [7, 11) is 0. The maximum absolute atomic E-state index is 13.5. The fourth-order valence-corrected chi connectivity index (χ4v) is 2.05. The molecule has 2 rings (SSSR count). The first-order chi connectivity index (χ1) is 9.60. The van der Waals surface area contributed by atoms with Crippen LogP contribution in [0.2, 0.25) is 0 Å². The second kappa shape index (κ2) is 6.51. The van der Waals surface area contributed by atoms with Gasteiger partial charge >= 0.3 is 0 Å². The molecule has 0 radical (unpaired) electrons. The van der Waals surface area contributed by atoms with Crippen LogP contribution in [-0.2, 0) is 9.53 Å². The average Bonchev–Trinajstić information content (AvgIpc) is 2.86. The summed E-state index contributed by atoms with van der Waals surface area (Å²) >= 11 is 0. The molecule has 1 aromatic carbocycles. The first kappa shape index (κ1) is 14.5. The number of carbonyl (C=O) groups excluding carboxylic acids is 1. The van der Waals surface area contributed by atoms with Crippen LogP contribution in [-0.4, -0.2) is 29.8 Å². The molecule has 1 saturated heterocycles. The minimum atomic E-state index is -0.491. The molecule has 0 spiro atoms. The summed E-state index contributed by atoms with van der Waals surface area (Å²) in [5, 5.41) is 11.3. The Labute approximate surface area is 116 Å². The molecule has 5 heteroatoms. The zero-order chi connectivity index (χ0) is 14.5. The molecule has 2 N–H and O–H groups in total. The summed E-state index contributed by atoms with van der Waals surface area (Å²) in [6.07, 6.45) is 1.17. The number of amides is 1. The number of carbonyl (C=O) groups is 1. The van der Waals surface area contributed by atoms with Crippen LogP contribution in [0.1, 0.15) is 25.3 Å². The summed E-state index contributed by atoms with van der Waals surface area (Å²) in [6, 6.07) is 4.14. The van der Waals surface area contributed by atoms with Crippen molar-refractivity contribution in [1.82, 2.24) is 0 Å². The lowest BCUT2D eigenvalue weighted by atomic mass is 10.1. The van der Waals surface area contributed by atoms with Crippen LogP contribution >= 0.6 is 0 Å². The molecule has 0 saturated carbocycles. The molecular weight excluding hydrogens is 261 g/mol. The SMILES string of the molecule is CC1CCC(C(=O)Nc2ccc(F)c(C#CCO)c2)O1. The molecule has 1 aliphatic rings. The zero-order valence-corrected chi connectivity index (χ0v) is 11.1. The Morgan fingerprint density at radius 3 is 3.00 bits per heavy atom. The van der Waals surface area contributed by atoms with Crippen LogP contribution in [0.25, 0.3) is 0 Å². The Bertz CT molecular complexity index is 562. The van der Waals surface area contributed by atoms with Gasteiger partial charge in [-0.1, -0.05) is 11.8 Å². The standard InChI is InChI=1S/C15H16FNO3/c1-10-4-7-14(20-10)15(19)17-12-5-6-13(16)11(9-12)3-2-8-18/h5-6,9-10,14,18H,4,7-8H2,1H3,(H,17,19). The van der Waals surface area contributed by atoms with Gasteiger partial charge in [0.1, 0.15) is 18.5 Å². The van der Waals surface area contributed by atoms with Crippen LogP contribution in [0.15, 0.2) is 18.2 Å². The molecular formula is C15H16FNO3. The fourth-order valence-electron chi connectivity index (χ4n) is 2.05. The van der Waals surface area contributed by atoms with E-state index in [1.807, 2.05) is 6.92 Å². The molecule has 20 heavy (non-hydrogen) atoms. The van der Waals surface area contributed by atoms with E-state index in [0.29, 0.717) is 12.1 Å². The van der Waals surface area contributed by atoms with Gasteiger partial charge in [0.25, 0.3) is 5.91 Å². The van der Waals surface area contributed by atoms with Crippen molar-refractivity contribution in [3.8, 4) is 11.8 Å². The van der Waals surface area contributed by atoms with E-state index in [1.165, 1.54) is 18.2 Å². The summed E-state index contributed by atoms with van der Waals surface area (Å²) in [5.74, 6) is 4.15. The Balaban J connectivity index is 2.07. The normalized spacial score (nSPS) is 21.1. The Kier molecular flexibility index (Phi) is 4.72. The van der Waals surface area contributed by atoms with Gasteiger partial charge in [-0.3, -0.25) is 4.79 Å². The molecule has 1 fully saturated rings. The van der Waals surface area contributed by atoms with E-state index in [-0.39, 0.29) is 24.2 Å². The number of rotatable bonds is 2. The number of benzene rings is 1. The van der Waals surface area contributed by atoms with Crippen LogP contribution in [0.3, 0.4) is 0 Å². The Morgan fingerprint density at radius 1 is 1.55 bits per heavy atom. The quantitative estimate of drug-likeness (QED) is 0.809. The molecule has 0 aromatic heterocycles. The van der Waals surface area contributed by atoms with Gasteiger partial charge in [-0.2, -0.15) is 0 Å². The van der Waals surface area contributed by atoms with E-state index in [1.54, 1.807) is 0 Å². The van der Waals surface area contributed by atoms with Crippen molar-refractivity contribution in [2.45, 2.75) is 32.0 Å². The number of hydrogen-bond acceptors (Lipinski definition) is 3. The molecule has 2 unspecified atom stereocenters. The van der Waals surface area contributed by atoms with E-state index in [9.17, 15) is 9.18 Å². The lowest BCUT2D eigenvalue weighted by molar-refractivity contribution is -0.126. The van der Waals surface area contributed by atoms with Gasteiger partial charge in [0.15, 0.2) is 0 Å². The van der Waals surface area contributed by atoms with E-state index >= 15 is 0 Å². The second-order valence-corrected chi connectivity index (χ2v) is 4.66. The molecule has 1 aliphatic heterocycles. The fraction of sp³-hybridized carbons (Fsp3) is 0.400. The van der Waals surface area contributed by atoms with Crippen LogP contribution in [0, 0.1) is 17.7 Å². The number of ether oxygens (including phenoxy) is 1. The monoisotopic (exact) mass is 277 g/mol. The third-order valence-electron chi connectivity index (χ3n) is 3.06. The first-order valence-electron chi connectivity index (χ1n) is 6.45. The number of aliphatic hydroxyl groups excluding tert-OH is 1. The molecule has 1 heterocycles. The van der Waals surface area contributed by atoms with E-state index in [2.05, 4.69) is 17.2 Å². The molecule has 2 atom stereocenters. The average molecular weight is 277 g/mol. The number of aliphatic hydroxyl groups is 1. The predicted octanol–water partition coefficient (Wildman–Crippen LogP) is 1.68. The van der Waals surface area contributed by atoms with Crippen LogP contribution in [0.4, 0.5) is 10.1 Å². The van der Waals surface area contributed by atoms with Crippen molar-refractivity contribution >= 4 is 11.6 Å². The van der Waals surface area contributed by atoms with E-state index in [4.69, 9.17) is 9.84 Å². The van der Waals surface area contributed by atoms with Crippen LogP contribution in [0.5, 0.6) is 0 Å². The molecule has 0 bridgehead atoms. The minimum absolute atomic E-state index is 0.0879. The molecule has 0 aliphatic carbocycles. The van der Waals surface area contributed by atoms with Crippen molar-refractivity contribution in [2.75, 3.05) is 11.9 Å². The van der Waals surface area contributed by atoms with Crippen LogP contribution < -0.4 is 5.32 Å². The van der Waals surface area contributed by atoms with Gasteiger partial charge in [-0.05, 0) is 38.0 Å². The smallest absolute Gasteiger partial charge is 0.253 e. The number of anilines is 1. The van der Waals surface area contributed by atoms with Gasteiger partial charge in [-0.25, -0.2) is 4.39 Å². The first-order valence-corrected chi connectivity index (χ1v) is 6.45. The lowest BCUT2D eigenvalue weighted by Gasteiger charge is -2.12. The molecule has 4 nitrogen and oxygen atoms in total. The Morgan fingerprint density at radius 2 is 2.35 bits per heavy atom. The summed E-state index contributed by atoms with van der Waals surface area (Å²) in [6.45, 7) is 1.58. The van der Waals surface area contributed by atoms with Gasteiger partial charge in [-0.15, -0.1) is 0 Å². The highest BCUT2D eigenvalue weighted by atomic mass is 19.1. The lowest BCUT2D eigenvalue weighted by Crippen LogP contribution is -2.27. The number of hydrogen-bond donors (Lipinski definition) is 2. The third-order valence-corrected chi connectivity index (χ3v) is 3.06. The largest absolute Gasteiger partial charge is 0.384 e. The highest BCUT2D eigenvalue weighted by Gasteiger charge is 2.28. The van der Waals surface area contributed by atoms with Crippen molar-refractivity contribution < 1.29 is 19.0 Å². The minimum Gasteiger partial charge on any atom is -0.384 e. The topological polar surface area (TPSA) is 58.6 Å². The van der Waals surface area contributed by atoms with Crippen molar-refractivity contribution in [3.63, 3.8) is 0 Å². The second-order valence-electron chi connectivity index (χ2n) is 4.66. The predicted molar refractivity (Wildman–Crippen MR) is 72.6 cm³/mol. The van der Waals surface area contributed by atoms with Gasteiger partial charge in [0.05, 0.1) is 11.7 Å². The van der Waals surface area contributed by atoms with Crippen molar-refractivity contribution in [2.24, 2.45) is 0 Å². The van der Waals surface area contributed by atoms with Crippen molar-refractivity contribution in [1.29, 1.82) is 0 Å². The van der Waals surface area contributed by atoms with E-state index in [0.717, 1.165) is 6.42 Å².